The minimum Gasteiger partial charge on any atom is -0.396 e. The Labute approximate surface area is 103 Å². The first-order chi connectivity index (χ1) is 8.12. The molecular formula is C12H16F4N2. The van der Waals surface area contributed by atoms with Crippen LogP contribution in [0.5, 0.6) is 0 Å². The van der Waals surface area contributed by atoms with Crippen molar-refractivity contribution in [2.45, 2.75) is 39.0 Å². The number of hydrogen-bond donors (Lipinski definition) is 2. The number of nitrogen functional groups attached to an aromatic ring is 1. The molecule has 0 amide bonds. The number of nitrogens with one attached hydrogen (secondary N) is 1. The summed E-state index contributed by atoms with van der Waals surface area (Å²) in [5.74, 6) is -0.802. The lowest BCUT2D eigenvalue weighted by Crippen LogP contribution is -2.27. The molecule has 0 radical (unpaired) electrons. The molecule has 1 aromatic carbocycles. The normalized spacial score (nSPS) is 14.0. The standard InChI is InChI=1S/C12H16F4N2/c1-6(2)18-7(3)9-4-8(12(14,15)16)5-10(17)11(9)13/h4-7,18H,17H2,1-3H3/t7-/m1/s1. The summed E-state index contributed by atoms with van der Waals surface area (Å²) in [7, 11) is 0. The van der Waals surface area contributed by atoms with Crippen molar-refractivity contribution >= 4 is 5.69 Å². The Bertz CT molecular complexity index is 427. The molecule has 0 aliphatic rings. The van der Waals surface area contributed by atoms with Crippen LogP contribution >= 0.6 is 0 Å². The van der Waals surface area contributed by atoms with Crippen molar-refractivity contribution < 1.29 is 17.6 Å². The molecule has 1 aromatic rings. The number of rotatable bonds is 3. The van der Waals surface area contributed by atoms with Gasteiger partial charge in [0.2, 0.25) is 0 Å². The first-order valence-corrected chi connectivity index (χ1v) is 5.55. The molecule has 3 N–H and O–H groups in total. The van der Waals surface area contributed by atoms with E-state index >= 15 is 0 Å². The Balaban J connectivity index is 3.22. The summed E-state index contributed by atoms with van der Waals surface area (Å²) < 4.78 is 51.6. The second-order valence-electron chi connectivity index (χ2n) is 4.51. The fourth-order valence-corrected chi connectivity index (χ4v) is 1.74. The summed E-state index contributed by atoms with van der Waals surface area (Å²) in [4.78, 5) is 0. The van der Waals surface area contributed by atoms with Crippen molar-refractivity contribution in [2.75, 3.05) is 5.73 Å². The largest absolute Gasteiger partial charge is 0.416 e. The molecule has 1 atom stereocenters. The number of halogens is 4. The third-order valence-electron chi connectivity index (χ3n) is 2.51. The zero-order valence-corrected chi connectivity index (χ0v) is 10.4. The van der Waals surface area contributed by atoms with Crippen LogP contribution in [0.25, 0.3) is 0 Å². The Hall–Kier alpha value is -1.30. The van der Waals surface area contributed by atoms with Gasteiger partial charge in [-0.3, -0.25) is 0 Å². The highest BCUT2D eigenvalue weighted by atomic mass is 19.4. The molecule has 0 aliphatic carbocycles. The minimum absolute atomic E-state index is 0.0233. The molecular weight excluding hydrogens is 248 g/mol. The topological polar surface area (TPSA) is 38.0 Å². The molecule has 18 heavy (non-hydrogen) atoms. The molecule has 2 nitrogen and oxygen atoms in total. The van der Waals surface area contributed by atoms with Crippen molar-refractivity contribution in [3.8, 4) is 0 Å². The van der Waals surface area contributed by atoms with E-state index in [1.54, 1.807) is 6.92 Å². The number of benzene rings is 1. The van der Waals surface area contributed by atoms with Gasteiger partial charge in [0.05, 0.1) is 11.3 Å². The minimum atomic E-state index is -4.53. The quantitative estimate of drug-likeness (QED) is 0.648. The van der Waals surface area contributed by atoms with Gasteiger partial charge in [0.1, 0.15) is 0 Å². The molecule has 0 unspecified atom stereocenters. The summed E-state index contributed by atoms with van der Waals surface area (Å²) in [5.41, 5.74) is 3.79. The fourth-order valence-electron chi connectivity index (χ4n) is 1.74. The predicted molar refractivity (Wildman–Crippen MR) is 62.5 cm³/mol. The molecule has 0 saturated carbocycles. The van der Waals surface area contributed by atoms with Gasteiger partial charge >= 0.3 is 6.18 Å². The summed E-state index contributed by atoms with van der Waals surface area (Å²) >= 11 is 0. The van der Waals surface area contributed by atoms with E-state index in [1.165, 1.54) is 0 Å². The van der Waals surface area contributed by atoms with Gasteiger partial charge in [-0.25, -0.2) is 4.39 Å². The van der Waals surface area contributed by atoms with E-state index in [0.717, 1.165) is 6.07 Å². The van der Waals surface area contributed by atoms with Gasteiger partial charge in [0.15, 0.2) is 5.82 Å². The zero-order chi connectivity index (χ0) is 14.1. The van der Waals surface area contributed by atoms with Crippen LogP contribution in [0.15, 0.2) is 12.1 Å². The predicted octanol–water partition coefficient (Wildman–Crippen LogP) is 3.49. The molecule has 0 bridgehead atoms. The van der Waals surface area contributed by atoms with Crippen LogP contribution in [0.1, 0.15) is 37.9 Å². The molecule has 1 rings (SSSR count). The SMILES string of the molecule is CC(C)N[C@H](C)c1cc(C(F)(F)F)cc(N)c1F. The van der Waals surface area contributed by atoms with Crippen LogP contribution in [-0.4, -0.2) is 6.04 Å². The Morgan fingerprint density at radius 1 is 1.17 bits per heavy atom. The molecule has 0 aromatic heterocycles. The number of hydrogen-bond acceptors (Lipinski definition) is 2. The third kappa shape index (κ3) is 3.35. The van der Waals surface area contributed by atoms with E-state index in [-0.39, 0.29) is 11.6 Å². The lowest BCUT2D eigenvalue weighted by Gasteiger charge is -2.20. The van der Waals surface area contributed by atoms with Crippen LogP contribution in [0.3, 0.4) is 0 Å². The van der Waals surface area contributed by atoms with Gasteiger partial charge in [-0.05, 0) is 19.1 Å². The molecule has 102 valence electrons. The highest BCUT2D eigenvalue weighted by Gasteiger charge is 2.32. The fraction of sp³-hybridized carbons (Fsp3) is 0.500. The summed E-state index contributed by atoms with van der Waals surface area (Å²) in [6.45, 7) is 5.24. The molecule has 6 heteroatoms. The molecule has 0 aliphatic heterocycles. The third-order valence-corrected chi connectivity index (χ3v) is 2.51. The lowest BCUT2D eigenvalue weighted by atomic mass is 10.0. The maximum absolute atomic E-state index is 13.7. The molecule has 0 fully saturated rings. The second-order valence-corrected chi connectivity index (χ2v) is 4.51. The van der Waals surface area contributed by atoms with E-state index in [1.807, 2.05) is 13.8 Å². The van der Waals surface area contributed by atoms with Crippen LogP contribution in [0.2, 0.25) is 0 Å². The van der Waals surface area contributed by atoms with Crippen LogP contribution in [0.4, 0.5) is 23.2 Å². The average Bonchev–Trinajstić information content (AvgIpc) is 2.18. The van der Waals surface area contributed by atoms with Gasteiger partial charge < -0.3 is 11.1 Å². The highest BCUT2D eigenvalue weighted by Crippen LogP contribution is 2.34. The van der Waals surface area contributed by atoms with Crippen molar-refractivity contribution in [1.29, 1.82) is 0 Å². The molecule has 0 heterocycles. The van der Waals surface area contributed by atoms with Gasteiger partial charge in [0.25, 0.3) is 0 Å². The average molecular weight is 264 g/mol. The zero-order valence-electron chi connectivity index (χ0n) is 10.4. The van der Waals surface area contributed by atoms with E-state index in [9.17, 15) is 17.6 Å². The van der Waals surface area contributed by atoms with Gasteiger partial charge in [0, 0.05) is 17.6 Å². The molecule has 0 saturated heterocycles. The van der Waals surface area contributed by atoms with Gasteiger partial charge in [-0.1, -0.05) is 13.8 Å². The van der Waals surface area contributed by atoms with E-state index in [2.05, 4.69) is 5.32 Å². The second kappa shape index (κ2) is 5.14. The number of anilines is 1. The highest BCUT2D eigenvalue weighted by molar-refractivity contribution is 5.48. The first-order valence-electron chi connectivity index (χ1n) is 5.55. The smallest absolute Gasteiger partial charge is 0.396 e. The van der Waals surface area contributed by atoms with Crippen LogP contribution in [0, 0.1) is 5.82 Å². The van der Waals surface area contributed by atoms with Crippen molar-refractivity contribution in [3.05, 3.63) is 29.1 Å². The Morgan fingerprint density at radius 2 is 1.72 bits per heavy atom. The van der Waals surface area contributed by atoms with Crippen LogP contribution in [-0.2, 0) is 6.18 Å². The van der Waals surface area contributed by atoms with E-state index < -0.39 is 29.3 Å². The van der Waals surface area contributed by atoms with E-state index in [4.69, 9.17) is 5.73 Å². The number of alkyl halides is 3. The summed E-state index contributed by atoms with van der Waals surface area (Å²) in [6, 6.07) is 0.886. The Morgan fingerprint density at radius 3 is 2.17 bits per heavy atom. The monoisotopic (exact) mass is 264 g/mol. The van der Waals surface area contributed by atoms with Crippen molar-refractivity contribution in [2.24, 2.45) is 0 Å². The summed E-state index contributed by atoms with van der Waals surface area (Å²) in [5, 5.41) is 2.94. The van der Waals surface area contributed by atoms with Gasteiger partial charge in [-0.2, -0.15) is 13.2 Å². The summed E-state index contributed by atoms with van der Waals surface area (Å²) in [6.07, 6.45) is -4.53. The lowest BCUT2D eigenvalue weighted by molar-refractivity contribution is -0.137. The van der Waals surface area contributed by atoms with Crippen molar-refractivity contribution in [3.63, 3.8) is 0 Å². The molecule has 0 spiro atoms. The van der Waals surface area contributed by atoms with Crippen molar-refractivity contribution in [1.82, 2.24) is 5.32 Å². The number of nitrogens with two attached hydrogens (primary N) is 1. The van der Waals surface area contributed by atoms with Gasteiger partial charge in [-0.15, -0.1) is 0 Å². The maximum atomic E-state index is 13.7. The Kier molecular flexibility index (Phi) is 4.21. The van der Waals surface area contributed by atoms with Crippen LogP contribution < -0.4 is 11.1 Å². The maximum Gasteiger partial charge on any atom is 0.416 e. The first kappa shape index (κ1) is 14.8. The van der Waals surface area contributed by atoms with E-state index in [0.29, 0.717) is 6.07 Å².